The molecule has 0 spiro atoms. The van der Waals surface area contributed by atoms with Crippen LogP contribution >= 0.6 is 22.6 Å². The number of halogens is 1. The lowest BCUT2D eigenvalue weighted by molar-refractivity contribution is 0.311. The molecule has 0 aromatic carbocycles. The quantitative estimate of drug-likeness (QED) is 0.275. The molecule has 0 aliphatic rings. The highest BCUT2D eigenvalue weighted by atomic mass is 127. The maximum absolute atomic E-state index is 8.87. The summed E-state index contributed by atoms with van der Waals surface area (Å²) >= 11 is 2.19. The number of pyridine rings is 1. The van der Waals surface area contributed by atoms with Crippen LogP contribution in [0.25, 0.3) is 0 Å². The summed E-state index contributed by atoms with van der Waals surface area (Å²) in [5, 5.41) is 15.1. The lowest BCUT2D eigenvalue weighted by atomic mass is 9.95. The van der Waals surface area contributed by atoms with Crippen LogP contribution in [0.2, 0.25) is 0 Å². The van der Waals surface area contributed by atoms with Crippen LogP contribution in [-0.2, 0) is 0 Å². The van der Waals surface area contributed by atoms with Crippen molar-refractivity contribution in [2.75, 3.05) is 5.32 Å². The highest BCUT2D eigenvalue weighted by Gasteiger charge is 2.20. The number of oxime groups is 1. The van der Waals surface area contributed by atoms with Crippen LogP contribution in [-0.4, -0.2) is 16.0 Å². The van der Waals surface area contributed by atoms with Crippen molar-refractivity contribution >= 4 is 34.2 Å². The zero-order chi connectivity index (χ0) is 11.5. The van der Waals surface area contributed by atoms with Gasteiger partial charge < -0.3 is 10.5 Å². The highest BCUT2D eigenvalue weighted by molar-refractivity contribution is 14.1. The van der Waals surface area contributed by atoms with Gasteiger partial charge in [0.05, 0.1) is 0 Å². The van der Waals surface area contributed by atoms with Crippen LogP contribution in [0.5, 0.6) is 0 Å². The molecule has 4 nitrogen and oxygen atoms in total. The Morgan fingerprint density at radius 3 is 2.53 bits per heavy atom. The largest absolute Gasteiger partial charge is 0.409 e. The van der Waals surface area contributed by atoms with Crippen molar-refractivity contribution in [2.24, 2.45) is 10.6 Å². The number of nitrogens with zero attached hydrogens (tertiary/aromatic N) is 2. The smallest absolute Gasteiger partial charge is 0.152 e. The second kappa shape index (κ2) is 4.78. The van der Waals surface area contributed by atoms with Gasteiger partial charge in [-0.2, -0.15) is 0 Å². The van der Waals surface area contributed by atoms with Crippen molar-refractivity contribution in [2.45, 2.75) is 20.8 Å². The summed E-state index contributed by atoms with van der Waals surface area (Å²) in [5.74, 6) is 1.18. The Bertz CT molecular complexity index is 354. The van der Waals surface area contributed by atoms with Crippen LogP contribution < -0.4 is 5.32 Å². The molecule has 0 aliphatic carbocycles. The van der Waals surface area contributed by atoms with Crippen LogP contribution in [0.4, 0.5) is 5.82 Å². The molecule has 1 heterocycles. The molecule has 0 amide bonds. The van der Waals surface area contributed by atoms with E-state index in [2.05, 4.69) is 38.0 Å². The number of rotatable bonds is 1. The van der Waals surface area contributed by atoms with Gasteiger partial charge in [-0.25, -0.2) is 4.98 Å². The number of hydrogen-bond donors (Lipinski definition) is 2. The SMILES string of the molecule is CC(C)(C)/C(=N/O)Nc1ccc(I)cn1. The Labute approximate surface area is 103 Å². The van der Waals surface area contributed by atoms with Gasteiger partial charge in [0.15, 0.2) is 5.84 Å². The van der Waals surface area contributed by atoms with E-state index in [0.29, 0.717) is 11.7 Å². The fourth-order valence-corrected chi connectivity index (χ4v) is 1.25. The second-order valence-electron chi connectivity index (χ2n) is 4.19. The van der Waals surface area contributed by atoms with E-state index in [9.17, 15) is 0 Å². The van der Waals surface area contributed by atoms with Gasteiger partial charge in [0.25, 0.3) is 0 Å². The van der Waals surface area contributed by atoms with Crippen molar-refractivity contribution in [3.05, 3.63) is 21.9 Å². The fraction of sp³-hybridized carbons (Fsp3) is 0.400. The summed E-state index contributed by atoms with van der Waals surface area (Å²) in [6.45, 7) is 5.88. The van der Waals surface area contributed by atoms with E-state index in [-0.39, 0.29) is 5.41 Å². The Hall–Kier alpha value is -0.850. The van der Waals surface area contributed by atoms with E-state index >= 15 is 0 Å². The average Bonchev–Trinajstić information content (AvgIpc) is 2.15. The minimum absolute atomic E-state index is 0.237. The minimum Gasteiger partial charge on any atom is -0.409 e. The predicted octanol–water partition coefficient (Wildman–Crippen LogP) is 2.93. The van der Waals surface area contributed by atoms with Crippen molar-refractivity contribution in [1.82, 2.24) is 4.98 Å². The highest BCUT2D eigenvalue weighted by Crippen LogP contribution is 2.17. The van der Waals surface area contributed by atoms with Gasteiger partial charge >= 0.3 is 0 Å². The summed E-state index contributed by atoms with van der Waals surface area (Å²) < 4.78 is 1.07. The Morgan fingerprint density at radius 1 is 1.47 bits per heavy atom. The van der Waals surface area contributed by atoms with Crippen molar-refractivity contribution in [3.8, 4) is 0 Å². The summed E-state index contributed by atoms with van der Waals surface area (Å²) in [5.41, 5.74) is -0.237. The molecule has 1 aromatic rings. The Kier molecular flexibility index (Phi) is 3.90. The molecular weight excluding hydrogens is 305 g/mol. The molecule has 0 unspecified atom stereocenters. The fourth-order valence-electron chi connectivity index (χ4n) is 0.934. The van der Waals surface area contributed by atoms with Crippen molar-refractivity contribution in [3.63, 3.8) is 0 Å². The summed E-state index contributed by atoms with van der Waals surface area (Å²) in [4.78, 5) is 4.17. The number of hydrogen-bond acceptors (Lipinski definition) is 3. The molecule has 0 aliphatic heterocycles. The molecule has 0 saturated carbocycles. The maximum Gasteiger partial charge on any atom is 0.152 e. The van der Waals surface area contributed by atoms with Gasteiger partial charge in [0.2, 0.25) is 0 Å². The topological polar surface area (TPSA) is 57.5 Å². The first-order valence-corrected chi connectivity index (χ1v) is 5.62. The van der Waals surface area contributed by atoms with Gasteiger partial charge in [-0.1, -0.05) is 25.9 Å². The molecule has 15 heavy (non-hydrogen) atoms. The third kappa shape index (κ3) is 3.65. The number of aromatic nitrogens is 1. The third-order valence-electron chi connectivity index (χ3n) is 1.78. The molecule has 2 N–H and O–H groups in total. The molecule has 0 radical (unpaired) electrons. The first kappa shape index (κ1) is 12.2. The first-order chi connectivity index (χ1) is 6.93. The standard InChI is InChI=1S/C10H14IN3O/c1-10(2,3)9(14-15)13-8-5-4-7(11)6-12-8/h4-6,15H,1-3H3,(H,12,13,14). The molecule has 0 bridgehead atoms. The van der Waals surface area contributed by atoms with E-state index in [1.807, 2.05) is 32.9 Å². The molecule has 82 valence electrons. The number of anilines is 1. The Morgan fingerprint density at radius 2 is 2.13 bits per heavy atom. The summed E-state index contributed by atoms with van der Waals surface area (Å²) in [6, 6.07) is 3.78. The molecule has 1 aromatic heterocycles. The van der Waals surface area contributed by atoms with E-state index in [1.165, 1.54) is 0 Å². The third-order valence-corrected chi connectivity index (χ3v) is 2.42. The normalized spacial score (nSPS) is 12.7. The lowest BCUT2D eigenvalue weighted by Crippen LogP contribution is -2.28. The first-order valence-electron chi connectivity index (χ1n) is 4.54. The number of amidine groups is 1. The van der Waals surface area contributed by atoms with Gasteiger partial charge in [-0.15, -0.1) is 0 Å². The summed E-state index contributed by atoms with van der Waals surface area (Å²) in [7, 11) is 0. The molecule has 1 rings (SSSR count). The average molecular weight is 319 g/mol. The maximum atomic E-state index is 8.87. The number of nitrogens with one attached hydrogen (secondary N) is 1. The van der Waals surface area contributed by atoms with Crippen LogP contribution in [0.3, 0.4) is 0 Å². The van der Waals surface area contributed by atoms with Gasteiger partial charge in [-0.3, -0.25) is 0 Å². The predicted molar refractivity (Wildman–Crippen MR) is 69.3 cm³/mol. The monoisotopic (exact) mass is 319 g/mol. The van der Waals surface area contributed by atoms with E-state index in [0.717, 1.165) is 3.57 Å². The minimum atomic E-state index is -0.237. The van der Waals surface area contributed by atoms with Gasteiger partial charge in [0, 0.05) is 15.2 Å². The summed E-state index contributed by atoms with van der Waals surface area (Å²) in [6.07, 6.45) is 1.75. The zero-order valence-corrected chi connectivity index (χ0v) is 11.1. The van der Waals surface area contributed by atoms with Gasteiger partial charge in [0.1, 0.15) is 5.82 Å². The second-order valence-corrected chi connectivity index (χ2v) is 5.43. The van der Waals surface area contributed by atoms with E-state index in [4.69, 9.17) is 5.21 Å². The molecule has 5 heteroatoms. The van der Waals surface area contributed by atoms with Crippen LogP contribution in [0.15, 0.2) is 23.5 Å². The van der Waals surface area contributed by atoms with Crippen molar-refractivity contribution in [1.29, 1.82) is 0 Å². The van der Waals surface area contributed by atoms with E-state index < -0.39 is 0 Å². The molecule has 0 fully saturated rings. The van der Waals surface area contributed by atoms with Crippen molar-refractivity contribution < 1.29 is 5.21 Å². The zero-order valence-electron chi connectivity index (χ0n) is 8.95. The van der Waals surface area contributed by atoms with Crippen LogP contribution in [0, 0.1) is 8.99 Å². The molecule has 0 saturated heterocycles. The van der Waals surface area contributed by atoms with E-state index in [1.54, 1.807) is 6.20 Å². The lowest BCUT2D eigenvalue weighted by Gasteiger charge is -2.20. The van der Waals surface area contributed by atoms with Gasteiger partial charge in [-0.05, 0) is 34.7 Å². The molecular formula is C10H14IN3O. The Balaban J connectivity index is 2.81. The van der Waals surface area contributed by atoms with Crippen LogP contribution in [0.1, 0.15) is 20.8 Å². The molecule has 0 atom stereocenters.